The molecule has 4 rings (SSSR count). The molecular weight excluding hydrogens is 420 g/mol. The molecule has 1 aliphatic carbocycles. The van der Waals surface area contributed by atoms with Crippen LogP contribution < -0.4 is 5.32 Å². The molecule has 2 amide bonds. The Morgan fingerprint density at radius 2 is 1.55 bits per heavy atom. The van der Waals surface area contributed by atoms with E-state index >= 15 is 0 Å². The summed E-state index contributed by atoms with van der Waals surface area (Å²) in [7, 11) is 0. The van der Waals surface area contributed by atoms with Gasteiger partial charge in [0.25, 0.3) is 0 Å². The van der Waals surface area contributed by atoms with Gasteiger partial charge in [0, 0.05) is 31.0 Å². The number of rotatable bonds is 6. The summed E-state index contributed by atoms with van der Waals surface area (Å²) in [6, 6.07) is 16.3. The van der Waals surface area contributed by atoms with Crippen LogP contribution in [0.5, 0.6) is 0 Å². The average molecular weight is 451 g/mol. The molecule has 2 aromatic carbocycles. The van der Waals surface area contributed by atoms with E-state index in [9.17, 15) is 14.4 Å². The average Bonchev–Trinajstić information content (AvgIpc) is 3.11. The summed E-state index contributed by atoms with van der Waals surface area (Å²) in [4.78, 5) is 38.1. The second-order valence-electron chi connectivity index (χ2n) is 9.50. The van der Waals surface area contributed by atoms with Gasteiger partial charge in [0.2, 0.25) is 5.91 Å². The summed E-state index contributed by atoms with van der Waals surface area (Å²) in [6.07, 6.45) is 0.483. The van der Waals surface area contributed by atoms with Crippen molar-refractivity contribution >= 4 is 18.0 Å². The first-order chi connectivity index (χ1) is 15.7. The summed E-state index contributed by atoms with van der Waals surface area (Å²) in [5, 5.41) is 11.9. The number of alkyl carbamates (subject to hydrolysis) is 1. The van der Waals surface area contributed by atoms with Crippen molar-refractivity contribution in [3.8, 4) is 11.1 Å². The van der Waals surface area contributed by atoms with Crippen molar-refractivity contribution in [1.82, 2.24) is 10.2 Å². The minimum Gasteiger partial charge on any atom is -0.481 e. The number of hydrogen-bond acceptors (Lipinski definition) is 4. The quantitative estimate of drug-likeness (QED) is 0.693. The SMILES string of the molecule is CC(C)(CC(=O)N1CCC(C(=O)O)CC1)NC(=O)OCC1c2ccccc2-c2ccccc21. The van der Waals surface area contributed by atoms with Gasteiger partial charge in [-0.15, -0.1) is 0 Å². The van der Waals surface area contributed by atoms with Crippen LogP contribution in [0.1, 0.15) is 50.2 Å². The van der Waals surface area contributed by atoms with Crippen molar-refractivity contribution in [2.24, 2.45) is 5.92 Å². The van der Waals surface area contributed by atoms with Gasteiger partial charge in [-0.25, -0.2) is 4.79 Å². The molecule has 0 bridgehead atoms. The maximum atomic E-state index is 12.7. The number of hydrogen-bond donors (Lipinski definition) is 2. The van der Waals surface area contributed by atoms with E-state index in [1.165, 1.54) is 11.1 Å². The monoisotopic (exact) mass is 450 g/mol. The van der Waals surface area contributed by atoms with Crippen LogP contribution in [0, 0.1) is 5.92 Å². The number of carboxylic acid groups (broad SMARTS) is 1. The van der Waals surface area contributed by atoms with E-state index in [1.54, 1.807) is 18.7 Å². The lowest BCUT2D eigenvalue weighted by Crippen LogP contribution is -2.49. The molecule has 174 valence electrons. The minimum atomic E-state index is -0.806. The van der Waals surface area contributed by atoms with E-state index in [2.05, 4.69) is 29.6 Å². The summed E-state index contributed by atoms with van der Waals surface area (Å²) in [6.45, 7) is 4.65. The summed E-state index contributed by atoms with van der Waals surface area (Å²) in [5.74, 6) is -1.31. The zero-order chi connectivity index (χ0) is 23.6. The van der Waals surface area contributed by atoms with Crippen molar-refractivity contribution in [3.05, 3.63) is 59.7 Å². The van der Waals surface area contributed by atoms with Crippen LogP contribution in [0.15, 0.2) is 48.5 Å². The van der Waals surface area contributed by atoms with E-state index in [1.807, 2.05) is 24.3 Å². The van der Waals surface area contributed by atoms with Crippen LogP contribution in [0.4, 0.5) is 4.79 Å². The minimum absolute atomic E-state index is 0.0246. The number of carbonyl (C=O) groups excluding carboxylic acids is 2. The molecule has 33 heavy (non-hydrogen) atoms. The van der Waals surface area contributed by atoms with Crippen molar-refractivity contribution < 1.29 is 24.2 Å². The predicted octanol–water partition coefficient (Wildman–Crippen LogP) is 4.02. The van der Waals surface area contributed by atoms with Crippen molar-refractivity contribution in [2.75, 3.05) is 19.7 Å². The fourth-order valence-electron chi connectivity index (χ4n) is 4.82. The molecule has 0 aromatic heterocycles. The molecular formula is C26H30N2O5. The smallest absolute Gasteiger partial charge is 0.407 e. The highest BCUT2D eigenvalue weighted by atomic mass is 16.5. The molecule has 0 spiro atoms. The second-order valence-corrected chi connectivity index (χ2v) is 9.50. The zero-order valence-electron chi connectivity index (χ0n) is 19.0. The number of nitrogens with zero attached hydrogens (tertiary/aromatic N) is 1. The third kappa shape index (κ3) is 5.02. The van der Waals surface area contributed by atoms with Gasteiger partial charge < -0.3 is 20.1 Å². The van der Waals surface area contributed by atoms with Gasteiger partial charge in [0.1, 0.15) is 6.61 Å². The molecule has 2 aliphatic rings. The summed E-state index contributed by atoms with van der Waals surface area (Å²) >= 11 is 0. The number of fused-ring (bicyclic) bond motifs is 3. The third-order valence-electron chi connectivity index (χ3n) is 6.57. The number of carboxylic acids is 1. The van der Waals surface area contributed by atoms with E-state index in [-0.39, 0.29) is 30.8 Å². The maximum Gasteiger partial charge on any atom is 0.407 e. The molecule has 2 aromatic rings. The lowest BCUT2D eigenvalue weighted by atomic mass is 9.95. The van der Waals surface area contributed by atoms with E-state index in [4.69, 9.17) is 9.84 Å². The molecule has 1 saturated heterocycles. The first-order valence-corrected chi connectivity index (χ1v) is 11.4. The molecule has 2 N–H and O–H groups in total. The predicted molar refractivity (Wildman–Crippen MR) is 124 cm³/mol. The normalized spacial score (nSPS) is 16.1. The van der Waals surface area contributed by atoms with Gasteiger partial charge >= 0.3 is 12.1 Å². The molecule has 1 aliphatic heterocycles. The van der Waals surface area contributed by atoms with Gasteiger partial charge in [-0.05, 0) is 48.9 Å². The summed E-state index contributed by atoms with van der Waals surface area (Å²) in [5.41, 5.74) is 3.83. The largest absolute Gasteiger partial charge is 0.481 e. The highest BCUT2D eigenvalue weighted by molar-refractivity contribution is 5.80. The van der Waals surface area contributed by atoms with E-state index in [0.29, 0.717) is 25.9 Å². The van der Waals surface area contributed by atoms with Crippen LogP contribution in [0.2, 0.25) is 0 Å². The van der Waals surface area contributed by atoms with Crippen molar-refractivity contribution in [2.45, 2.75) is 44.6 Å². The Hall–Kier alpha value is -3.35. The molecule has 7 nitrogen and oxygen atoms in total. The second kappa shape index (κ2) is 9.25. The van der Waals surface area contributed by atoms with Crippen molar-refractivity contribution in [3.63, 3.8) is 0 Å². The van der Waals surface area contributed by atoms with Crippen LogP contribution in [-0.4, -0.2) is 53.2 Å². The van der Waals surface area contributed by atoms with E-state index < -0.39 is 17.6 Å². The molecule has 1 heterocycles. The van der Waals surface area contributed by atoms with Gasteiger partial charge in [-0.1, -0.05) is 48.5 Å². The van der Waals surface area contributed by atoms with Crippen LogP contribution in [0.25, 0.3) is 11.1 Å². The molecule has 0 saturated carbocycles. The highest BCUT2D eigenvalue weighted by Gasteiger charge is 2.33. The van der Waals surface area contributed by atoms with Gasteiger partial charge in [0.05, 0.1) is 5.92 Å². The number of likely N-dealkylation sites (tertiary alicyclic amines) is 1. The van der Waals surface area contributed by atoms with Gasteiger partial charge in [-0.3, -0.25) is 9.59 Å². The van der Waals surface area contributed by atoms with E-state index in [0.717, 1.165) is 11.1 Å². The molecule has 7 heteroatoms. The Bertz CT molecular complexity index is 1010. The Morgan fingerprint density at radius 3 is 2.09 bits per heavy atom. The number of benzene rings is 2. The summed E-state index contributed by atoms with van der Waals surface area (Å²) < 4.78 is 5.60. The Morgan fingerprint density at radius 1 is 1.00 bits per heavy atom. The van der Waals surface area contributed by atoms with Crippen LogP contribution >= 0.6 is 0 Å². The third-order valence-corrected chi connectivity index (χ3v) is 6.57. The molecule has 1 fully saturated rings. The zero-order valence-corrected chi connectivity index (χ0v) is 19.0. The number of aliphatic carboxylic acids is 1. The lowest BCUT2D eigenvalue weighted by Gasteiger charge is -2.33. The number of carbonyl (C=O) groups is 3. The Labute approximate surface area is 193 Å². The lowest BCUT2D eigenvalue weighted by molar-refractivity contribution is -0.146. The van der Waals surface area contributed by atoms with Crippen LogP contribution in [-0.2, 0) is 14.3 Å². The first-order valence-electron chi connectivity index (χ1n) is 11.4. The standard InChI is InChI=1S/C26H30N2O5/c1-26(2,15-23(29)28-13-11-17(12-14-28)24(30)31)27-25(32)33-16-22-20-9-5-3-7-18(20)19-8-4-6-10-21(19)22/h3-10,17,22H,11-16H2,1-2H3,(H,27,32)(H,30,31). The number of piperidine rings is 1. The fourth-order valence-corrected chi connectivity index (χ4v) is 4.82. The number of amides is 2. The Balaban J connectivity index is 1.32. The van der Waals surface area contributed by atoms with Gasteiger partial charge in [0.15, 0.2) is 0 Å². The highest BCUT2D eigenvalue weighted by Crippen LogP contribution is 2.44. The topological polar surface area (TPSA) is 95.9 Å². The molecule has 0 unspecified atom stereocenters. The maximum absolute atomic E-state index is 12.7. The molecule has 0 atom stereocenters. The fraction of sp³-hybridized carbons (Fsp3) is 0.423. The van der Waals surface area contributed by atoms with Crippen LogP contribution in [0.3, 0.4) is 0 Å². The Kier molecular flexibility index (Phi) is 6.40. The number of nitrogens with one attached hydrogen (secondary N) is 1. The van der Waals surface area contributed by atoms with Gasteiger partial charge in [-0.2, -0.15) is 0 Å². The molecule has 0 radical (unpaired) electrons. The first kappa shape index (κ1) is 22.8. The number of ether oxygens (including phenoxy) is 1. The van der Waals surface area contributed by atoms with Crippen molar-refractivity contribution in [1.29, 1.82) is 0 Å².